The Morgan fingerprint density at radius 2 is 1.89 bits per heavy atom. The van der Waals surface area contributed by atoms with Crippen molar-refractivity contribution in [2.24, 2.45) is 5.73 Å². The Labute approximate surface area is 122 Å². The maximum absolute atomic E-state index is 13.1. The predicted molar refractivity (Wildman–Crippen MR) is 80.3 cm³/mol. The fourth-order valence-electron chi connectivity index (χ4n) is 1.76. The van der Waals surface area contributed by atoms with Crippen molar-refractivity contribution < 1.29 is 4.39 Å². The van der Waals surface area contributed by atoms with Crippen LogP contribution >= 0.6 is 23.4 Å². The molecular weight excluding hydrogens is 281 g/mol. The molecule has 0 saturated heterocycles. The Kier molecular flexibility index (Phi) is 5.25. The van der Waals surface area contributed by atoms with Gasteiger partial charge in [0.1, 0.15) is 5.82 Å². The third-order valence-electron chi connectivity index (χ3n) is 2.70. The smallest absolute Gasteiger partial charge is 0.123 e. The van der Waals surface area contributed by atoms with Crippen LogP contribution in [0, 0.1) is 5.82 Å². The van der Waals surface area contributed by atoms with Crippen LogP contribution < -0.4 is 5.73 Å². The highest BCUT2D eigenvalue weighted by atomic mass is 35.5. The van der Waals surface area contributed by atoms with Crippen LogP contribution in [0.25, 0.3) is 0 Å². The van der Waals surface area contributed by atoms with Gasteiger partial charge in [0.2, 0.25) is 0 Å². The molecule has 1 nitrogen and oxygen atoms in total. The number of rotatable bonds is 5. The van der Waals surface area contributed by atoms with Gasteiger partial charge in [0, 0.05) is 21.7 Å². The lowest BCUT2D eigenvalue weighted by molar-refractivity contribution is 0.623. The Morgan fingerprint density at radius 1 is 1.16 bits per heavy atom. The Morgan fingerprint density at radius 3 is 2.63 bits per heavy atom. The molecule has 0 spiro atoms. The van der Waals surface area contributed by atoms with E-state index in [1.807, 2.05) is 30.3 Å². The zero-order valence-corrected chi connectivity index (χ0v) is 11.9. The van der Waals surface area contributed by atoms with Crippen molar-refractivity contribution >= 4 is 23.4 Å². The maximum Gasteiger partial charge on any atom is 0.123 e. The molecule has 0 aliphatic heterocycles. The normalized spacial score (nSPS) is 12.4. The van der Waals surface area contributed by atoms with Crippen LogP contribution in [0.4, 0.5) is 4.39 Å². The van der Waals surface area contributed by atoms with Crippen LogP contribution in [0.3, 0.4) is 0 Å². The zero-order valence-electron chi connectivity index (χ0n) is 10.4. The highest BCUT2D eigenvalue weighted by Gasteiger charge is 2.09. The monoisotopic (exact) mass is 295 g/mol. The Hall–Kier alpha value is -1.03. The van der Waals surface area contributed by atoms with Crippen LogP contribution in [0.15, 0.2) is 53.4 Å². The fraction of sp³-hybridized carbons (Fsp3) is 0.200. The van der Waals surface area contributed by atoms with Crippen molar-refractivity contribution in [3.63, 3.8) is 0 Å². The first-order valence-corrected chi connectivity index (χ1v) is 7.39. The molecule has 0 amide bonds. The third-order valence-corrected chi connectivity index (χ3v) is 4.27. The van der Waals surface area contributed by atoms with Crippen molar-refractivity contribution in [3.05, 3.63) is 64.9 Å². The standard InChI is InChI=1S/C15H15ClFNS/c16-15-7-6-12(17)8-11(15)9-13(18)10-19-14-4-2-1-3-5-14/h1-8,13H,9-10,18H2. The van der Waals surface area contributed by atoms with Gasteiger partial charge in [0.05, 0.1) is 0 Å². The summed E-state index contributed by atoms with van der Waals surface area (Å²) < 4.78 is 13.1. The van der Waals surface area contributed by atoms with Crippen LogP contribution in [0.2, 0.25) is 5.02 Å². The van der Waals surface area contributed by atoms with Crippen molar-refractivity contribution in [1.29, 1.82) is 0 Å². The first-order valence-electron chi connectivity index (χ1n) is 6.02. The molecule has 2 rings (SSSR count). The van der Waals surface area contributed by atoms with Crippen LogP contribution in [0.5, 0.6) is 0 Å². The van der Waals surface area contributed by atoms with Crippen molar-refractivity contribution in [3.8, 4) is 0 Å². The Balaban J connectivity index is 1.90. The molecule has 2 N–H and O–H groups in total. The second kappa shape index (κ2) is 6.94. The summed E-state index contributed by atoms with van der Waals surface area (Å²) >= 11 is 7.72. The zero-order chi connectivity index (χ0) is 13.7. The van der Waals surface area contributed by atoms with Gasteiger partial charge in [-0.1, -0.05) is 29.8 Å². The Bertz CT molecular complexity index is 533. The average Bonchev–Trinajstić information content (AvgIpc) is 2.42. The highest BCUT2D eigenvalue weighted by molar-refractivity contribution is 7.99. The van der Waals surface area contributed by atoms with E-state index < -0.39 is 0 Å². The number of hydrogen-bond donors (Lipinski definition) is 1. The van der Waals surface area contributed by atoms with E-state index in [9.17, 15) is 4.39 Å². The molecule has 0 radical (unpaired) electrons. The van der Waals surface area contributed by atoms with Gasteiger partial charge in [0.25, 0.3) is 0 Å². The molecule has 1 atom stereocenters. The summed E-state index contributed by atoms with van der Waals surface area (Å²) in [5.74, 6) is 0.499. The lowest BCUT2D eigenvalue weighted by Gasteiger charge is -2.12. The summed E-state index contributed by atoms with van der Waals surface area (Å²) in [6.07, 6.45) is 0.580. The van der Waals surface area contributed by atoms with Gasteiger partial charge >= 0.3 is 0 Å². The van der Waals surface area contributed by atoms with E-state index in [-0.39, 0.29) is 11.9 Å². The van der Waals surface area contributed by atoms with Gasteiger partial charge < -0.3 is 5.73 Å². The molecular formula is C15H15ClFNS. The molecule has 0 aromatic heterocycles. The SMILES string of the molecule is NC(CSc1ccccc1)Cc1cc(F)ccc1Cl. The van der Waals surface area contributed by atoms with Gasteiger partial charge in [-0.15, -0.1) is 11.8 Å². The highest BCUT2D eigenvalue weighted by Crippen LogP contribution is 2.21. The van der Waals surface area contributed by atoms with Crippen molar-refractivity contribution in [2.45, 2.75) is 17.4 Å². The van der Waals surface area contributed by atoms with Crippen LogP contribution in [0.1, 0.15) is 5.56 Å². The number of nitrogens with two attached hydrogens (primary N) is 1. The van der Waals surface area contributed by atoms with E-state index in [0.717, 1.165) is 11.3 Å². The molecule has 0 saturated carbocycles. The topological polar surface area (TPSA) is 26.0 Å². The summed E-state index contributed by atoms with van der Waals surface area (Å²) in [5.41, 5.74) is 6.84. The molecule has 2 aromatic carbocycles. The van der Waals surface area contributed by atoms with Crippen molar-refractivity contribution in [2.75, 3.05) is 5.75 Å². The largest absolute Gasteiger partial charge is 0.327 e. The number of thioether (sulfide) groups is 1. The third kappa shape index (κ3) is 4.53. The molecule has 0 bridgehead atoms. The molecule has 2 aromatic rings. The second-order valence-electron chi connectivity index (χ2n) is 4.32. The van der Waals surface area contributed by atoms with Crippen LogP contribution in [-0.4, -0.2) is 11.8 Å². The van der Waals surface area contributed by atoms with E-state index in [0.29, 0.717) is 11.4 Å². The molecule has 1 unspecified atom stereocenters. The van der Waals surface area contributed by atoms with Gasteiger partial charge in [-0.05, 0) is 42.3 Å². The molecule has 4 heteroatoms. The molecule has 19 heavy (non-hydrogen) atoms. The van der Waals surface area contributed by atoms with E-state index >= 15 is 0 Å². The van der Waals surface area contributed by atoms with Gasteiger partial charge in [-0.25, -0.2) is 4.39 Å². The van der Waals surface area contributed by atoms with E-state index in [2.05, 4.69) is 0 Å². The lowest BCUT2D eigenvalue weighted by Crippen LogP contribution is -2.25. The summed E-state index contributed by atoms with van der Waals surface area (Å²) in [5, 5.41) is 0.571. The molecule has 100 valence electrons. The molecule has 0 aliphatic carbocycles. The van der Waals surface area contributed by atoms with Gasteiger partial charge in [-0.3, -0.25) is 0 Å². The van der Waals surface area contributed by atoms with Crippen LogP contribution in [-0.2, 0) is 6.42 Å². The molecule has 0 fully saturated rings. The quantitative estimate of drug-likeness (QED) is 0.839. The average molecular weight is 296 g/mol. The minimum atomic E-state index is -0.276. The number of hydrogen-bond acceptors (Lipinski definition) is 2. The summed E-state index contributed by atoms with van der Waals surface area (Å²) in [6.45, 7) is 0. The number of halogens is 2. The fourth-order valence-corrected chi connectivity index (χ4v) is 2.83. The molecule has 0 heterocycles. The minimum absolute atomic E-state index is 0.0514. The predicted octanol–water partition coefficient (Wildman–Crippen LogP) is 4.14. The molecule has 0 aliphatic rings. The van der Waals surface area contributed by atoms with E-state index in [1.165, 1.54) is 17.0 Å². The van der Waals surface area contributed by atoms with E-state index in [1.54, 1.807) is 17.8 Å². The first kappa shape index (κ1) is 14.4. The number of benzene rings is 2. The van der Waals surface area contributed by atoms with Crippen molar-refractivity contribution in [1.82, 2.24) is 0 Å². The minimum Gasteiger partial charge on any atom is -0.327 e. The van der Waals surface area contributed by atoms with Gasteiger partial charge in [0.15, 0.2) is 0 Å². The first-order chi connectivity index (χ1) is 9.15. The van der Waals surface area contributed by atoms with Gasteiger partial charge in [-0.2, -0.15) is 0 Å². The summed E-state index contributed by atoms with van der Waals surface area (Å²) in [7, 11) is 0. The summed E-state index contributed by atoms with van der Waals surface area (Å²) in [4.78, 5) is 1.18. The lowest BCUT2D eigenvalue weighted by atomic mass is 10.1. The summed E-state index contributed by atoms with van der Waals surface area (Å²) in [6, 6.07) is 14.4. The second-order valence-corrected chi connectivity index (χ2v) is 5.82. The van der Waals surface area contributed by atoms with E-state index in [4.69, 9.17) is 17.3 Å². The maximum atomic E-state index is 13.1.